The molecule has 0 saturated heterocycles. The highest BCUT2D eigenvalue weighted by atomic mass is 32.2. The quantitative estimate of drug-likeness (QED) is 0.375. The molecule has 3 heterocycles. The minimum absolute atomic E-state index is 0.557. The van der Waals surface area contributed by atoms with Crippen LogP contribution >= 0.6 is 22.9 Å². The molecule has 8 nitrogen and oxygen atoms in total. The Bertz CT molecular complexity index is 1000. The monoisotopic (exact) mass is 434 g/mol. The zero-order chi connectivity index (χ0) is 20.5. The molecular weight excluding hydrogens is 408 g/mol. The molecule has 0 aliphatic carbocycles. The first-order chi connectivity index (χ1) is 14.1. The summed E-state index contributed by atoms with van der Waals surface area (Å²) in [6, 6.07) is 7.98. The molecule has 3 aromatic heterocycles. The second-order valence-corrected chi connectivity index (χ2v) is 8.75. The number of H-pyrrole nitrogens is 2. The van der Waals surface area contributed by atoms with Crippen LogP contribution in [0.15, 0.2) is 51.1 Å². The number of pyridine rings is 1. The lowest BCUT2D eigenvalue weighted by molar-refractivity contribution is 0.344. The molecule has 0 saturated carbocycles. The van der Waals surface area contributed by atoms with E-state index < -0.39 is 11.1 Å². The van der Waals surface area contributed by atoms with Crippen LogP contribution in [-0.4, -0.2) is 56.1 Å². The summed E-state index contributed by atoms with van der Waals surface area (Å²) in [4.78, 5) is 15.1. The molecule has 0 fully saturated rings. The van der Waals surface area contributed by atoms with E-state index in [1.54, 1.807) is 24.2 Å². The molecule has 29 heavy (non-hydrogen) atoms. The van der Waals surface area contributed by atoms with E-state index in [0.717, 1.165) is 41.6 Å². The van der Waals surface area contributed by atoms with Gasteiger partial charge in [0.05, 0.1) is 18.8 Å². The van der Waals surface area contributed by atoms with Gasteiger partial charge < -0.3 is 13.9 Å². The first-order valence-corrected chi connectivity index (χ1v) is 11.6. The van der Waals surface area contributed by atoms with Crippen molar-refractivity contribution >= 4 is 22.9 Å². The van der Waals surface area contributed by atoms with Gasteiger partial charge in [-0.05, 0) is 50.3 Å². The third-order valence-electron chi connectivity index (χ3n) is 3.96. The van der Waals surface area contributed by atoms with Crippen LogP contribution in [0.4, 0.5) is 0 Å². The summed E-state index contributed by atoms with van der Waals surface area (Å²) in [7, 11) is 4.04. The molecule has 1 atom stereocenters. The fourth-order valence-corrected chi connectivity index (χ4v) is 4.10. The van der Waals surface area contributed by atoms with Crippen LogP contribution in [0.3, 0.4) is 0 Å². The molecule has 0 aromatic carbocycles. The number of hydrogen-bond donors (Lipinski definition) is 2. The summed E-state index contributed by atoms with van der Waals surface area (Å²) < 4.78 is 23.2. The fourth-order valence-electron chi connectivity index (χ4n) is 2.65. The van der Waals surface area contributed by atoms with Crippen LogP contribution in [0.5, 0.6) is 0 Å². The van der Waals surface area contributed by atoms with Gasteiger partial charge >= 0.3 is 0 Å². The maximum Gasteiger partial charge on any atom is 0.219 e. The largest absolute Gasteiger partial charge is 0.549 e. The van der Waals surface area contributed by atoms with E-state index in [0.29, 0.717) is 24.1 Å². The molecule has 0 amide bonds. The molecule has 156 valence electrons. The van der Waals surface area contributed by atoms with Crippen molar-refractivity contribution in [1.82, 2.24) is 18.6 Å². The Morgan fingerprint density at radius 3 is 2.48 bits per heavy atom. The Hall–Kier alpha value is -2.14. The third kappa shape index (κ3) is 7.32. The van der Waals surface area contributed by atoms with Crippen LogP contribution in [0, 0.1) is 0 Å². The van der Waals surface area contributed by atoms with Gasteiger partial charge in [0.25, 0.3) is 0 Å². The second-order valence-electron chi connectivity index (χ2n) is 6.70. The number of rotatable bonds is 10. The van der Waals surface area contributed by atoms with Crippen LogP contribution < -0.4 is 11.0 Å². The van der Waals surface area contributed by atoms with E-state index in [4.69, 9.17) is 4.42 Å². The van der Waals surface area contributed by atoms with E-state index in [1.165, 1.54) is 0 Å². The molecule has 3 aromatic rings. The topological polar surface area (TPSA) is 109 Å². The maximum absolute atomic E-state index is 11.7. The van der Waals surface area contributed by atoms with Crippen molar-refractivity contribution in [3.63, 3.8) is 0 Å². The third-order valence-corrected chi connectivity index (χ3v) is 5.68. The van der Waals surface area contributed by atoms with Crippen LogP contribution in [0.1, 0.15) is 17.1 Å². The lowest BCUT2D eigenvalue weighted by Crippen LogP contribution is -2.26. The lowest BCUT2D eigenvalue weighted by Gasteiger charge is -2.05. The normalized spacial score (nSPS) is 13.6. The average Bonchev–Trinajstić information content (AvgIpc) is 3.28. The van der Waals surface area contributed by atoms with Crippen molar-refractivity contribution < 1.29 is 8.97 Å². The lowest BCUT2D eigenvalue weighted by atomic mass is 10.2. The molecule has 0 aliphatic heterocycles. The highest BCUT2D eigenvalue weighted by molar-refractivity contribution is 7.98. The minimum Gasteiger partial charge on any atom is -0.549 e. The number of thioether (sulfide) groups is 1. The molecule has 2 N–H and O–H groups in total. The molecule has 0 radical (unpaired) electrons. The van der Waals surface area contributed by atoms with Gasteiger partial charge in [-0.3, -0.25) is 15.0 Å². The summed E-state index contributed by atoms with van der Waals surface area (Å²) >= 11 is 0.387. The van der Waals surface area contributed by atoms with E-state index in [2.05, 4.69) is 28.6 Å². The first-order valence-electron chi connectivity index (χ1n) is 9.33. The van der Waals surface area contributed by atoms with Gasteiger partial charge in [-0.2, -0.15) is 20.5 Å². The van der Waals surface area contributed by atoms with Crippen molar-refractivity contribution in [1.29, 1.82) is 0 Å². The second kappa shape index (κ2) is 11.1. The minimum atomic E-state index is -1.37. The standard InChI is InChI=1S/C19H26N6O2S2/c1-25(2)13-16-3-4-17(27-16)14-28-12-11-22-19-18(23-29(26)24-19)21-10-7-15-5-8-20-9-6-15/h3-6,8-9H,7,10-14H2,1-2H3,(H,21,23)(H,22,24). The number of hydrogen-bond acceptors (Lipinski definition) is 7. The first kappa shape index (κ1) is 21.6. The Balaban J connectivity index is 1.49. The van der Waals surface area contributed by atoms with Gasteiger partial charge in [-0.15, -0.1) is 0 Å². The van der Waals surface area contributed by atoms with Crippen LogP contribution in [0.2, 0.25) is 0 Å². The van der Waals surface area contributed by atoms with E-state index in [-0.39, 0.29) is 0 Å². The van der Waals surface area contributed by atoms with Crippen LogP contribution in [0.25, 0.3) is 0 Å². The number of aromatic nitrogens is 3. The molecule has 0 bridgehead atoms. The van der Waals surface area contributed by atoms with Crippen molar-refractivity contribution in [2.75, 3.05) is 32.9 Å². The Morgan fingerprint density at radius 1 is 1.07 bits per heavy atom. The summed E-state index contributed by atoms with van der Waals surface area (Å²) in [6.45, 7) is 2.00. The predicted octanol–water partition coefficient (Wildman–Crippen LogP) is 2.10. The fraction of sp³-hybridized carbons (Fsp3) is 0.421. The molecule has 3 rings (SSSR count). The number of furan rings is 1. The van der Waals surface area contributed by atoms with Gasteiger partial charge in [0.1, 0.15) is 22.7 Å². The summed E-state index contributed by atoms with van der Waals surface area (Å²) in [5.41, 5.74) is 2.28. The van der Waals surface area contributed by atoms with Gasteiger partial charge in [0.2, 0.25) is 11.0 Å². The summed E-state index contributed by atoms with van der Waals surface area (Å²) in [6.07, 6.45) is 4.33. The van der Waals surface area contributed by atoms with Gasteiger partial charge in [-0.25, -0.2) is 0 Å². The number of nitrogens with zero attached hydrogens (tertiary/aromatic N) is 4. The van der Waals surface area contributed by atoms with Crippen molar-refractivity contribution in [2.45, 2.75) is 18.7 Å². The van der Waals surface area contributed by atoms with Crippen molar-refractivity contribution in [3.05, 3.63) is 64.7 Å². The predicted molar refractivity (Wildman–Crippen MR) is 115 cm³/mol. The molecule has 10 heteroatoms. The average molecular weight is 435 g/mol. The summed E-state index contributed by atoms with van der Waals surface area (Å²) in [5, 5.41) is 0. The highest BCUT2D eigenvalue weighted by Crippen LogP contribution is 2.16. The Labute approximate surface area is 176 Å². The summed E-state index contributed by atoms with van der Waals surface area (Å²) in [5.74, 6) is 3.59. The Morgan fingerprint density at radius 2 is 1.76 bits per heavy atom. The molecule has 0 spiro atoms. The van der Waals surface area contributed by atoms with Gasteiger partial charge in [0, 0.05) is 24.7 Å². The number of nitrogens with one attached hydrogen (secondary N) is 2. The van der Waals surface area contributed by atoms with E-state index in [9.17, 15) is 4.55 Å². The molecule has 1 unspecified atom stereocenters. The zero-order valence-electron chi connectivity index (χ0n) is 16.6. The van der Waals surface area contributed by atoms with Crippen molar-refractivity contribution in [2.24, 2.45) is 9.98 Å². The van der Waals surface area contributed by atoms with E-state index in [1.807, 2.05) is 38.4 Å². The van der Waals surface area contributed by atoms with Gasteiger partial charge in [0.15, 0.2) is 0 Å². The number of aromatic amines is 2. The van der Waals surface area contributed by atoms with Crippen LogP contribution in [-0.2, 0) is 18.7 Å². The smallest absolute Gasteiger partial charge is 0.219 e. The van der Waals surface area contributed by atoms with Gasteiger partial charge in [-0.1, -0.05) is 0 Å². The van der Waals surface area contributed by atoms with E-state index >= 15 is 0 Å². The molecule has 0 aliphatic rings. The highest BCUT2D eigenvalue weighted by Gasteiger charge is 2.04. The zero-order valence-corrected chi connectivity index (χ0v) is 18.3. The Kier molecular flexibility index (Phi) is 8.29. The maximum atomic E-state index is 11.7. The molecular formula is C19H26N6O2S2. The van der Waals surface area contributed by atoms with Crippen molar-refractivity contribution in [3.8, 4) is 0 Å². The SMILES string of the molecule is CN(C)Cc1ccc(CSCCN=c2[nH][s+]([O-])[nH]c2=NCCc2ccncc2)o1.